The van der Waals surface area contributed by atoms with Crippen LogP contribution >= 0.6 is 0 Å². The van der Waals surface area contributed by atoms with Crippen LogP contribution in [0.3, 0.4) is 0 Å². The highest BCUT2D eigenvalue weighted by Gasteiger charge is 2.31. The molecule has 0 saturated carbocycles. The molecule has 0 heterocycles. The van der Waals surface area contributed by atoms with E-state index in [-0.39, 0.29) is 25.0 Å². The number of hydrogen-bond donors (Lipinski definition) is 1. The number of ether oxygens (including phenoxy) is 1. The third-order valence-corrected chi connectivity index (χ3v) is 5.80. The molecule has 0 aromatic heterocycles. The molecule has 0 fully saturated rings. The Bertz CT molecular complexity index is 1130. The monoisotopic (exact) mass is 476 g/mol. The first kappa shape index (κ1) is 25.9. The molecule has 184 valence electrons. The number of carbonyl (C=O) groups excluding carboxylic acids is 2. The van der Waals surface area contributed by atoms with Crippen LogP contribution in [0.1, 0.15) is 35.6 Å². The normalized spacial score (nSPS) is 11.5. The smallest absolute Gasteiger partial charge is 0.261 e. The van der Waals surface area contributed by atoms with E-state index in [1.165, 1.54) is 11.0 Å². The minimum Gasteiger partial charge on any atom is -0.483 e. The lowest BCUT2D eigenvalue weighted by molar-refractivity contribution is -0.142. The van der Waals surface area contributed by atoms with Crippen molar-refractivity contribution in [3.05, 3.63) is 101 Å². The van der Waals surface area contributed by atoms with Gasteiger partial charge in [-0.15, -0.1) is 0 Å². The van der Waals surface area contributed by atoms with Gasteiger partial charge in [0, 0.05) is 25.1 Å². The van der Waals surface area contributed by atoms with Gasteiger partial charge in [-0.05, 0) is 43.5 Å². The highest BCUT2D eigenvalue weighted by Crippen LogP contribution is 2.20. The Kier molecular flexibility index (Phi) is 9.41. The van der Waals surface area contributed by atoms with Gasteiger partial charge in [0.1, 0.15) is 17.6 Å². The number of halogens is 1. The first-order valence-electron chi connectivity index (χ1n) is 11.9. The lowest BCUT2D eigenvalue weighted by Gasteiger charge is -2.31. The number of nitrogens with one attached hydrogen (secondary N) is 1. The van der Waals surface area contributed by atoms with Crippen LogP contribution in [0.5, 0.6) is 5.75 Å². The van der Waals surface area contributed by atoms with Gasteiger partial charge in [0.2, 0.25) is 5.91 Å². The summed E-state index contributed by atoms with van der Waals surface area (Å²) < 4.78 is 20.4. The number of benzene rings is 3. The van der Waals surface area contributed by atoms with E-state index in [1.54, 1.807) is 18.2 Å². The lowest BCUT2D eigenvalue weighted by atomic mass is 10.0. The van der Waals surface area contributed by atoms with Gasteiger partial charge in [-0.3, -0.25) is 9.59 Å². The predicted octanol–water partition coefficient (Wildman–Crippen LogP) is 4.99. The summed E-state index contributed by atoms with van der Waals surface area (Å²) in [5.41, 5.74) is 3.26. The Morgan fingerprint density at radius 3 is 2.40 bits per heavy atom. The molecule has 0 aliphatic heterocycles. The van der Waals surface area contributed by atoms with Crippen LogP contribution in [0.4, 0.5) is 4.39 Å². The summed E-state index contributed by atoms with van der Waals surface area (Å²) in [6, 6.07) is 20.7. The molecule has 0 aliphatic carbocycles. The second-order valence-electron chi connectivity index (χ2n) is 8.67. The van der Waals surface area contributed by atoms with Gasteiger partial charge in [-0.2, -0.15) is 0 Å². The summed E-state index contributed by atoms with van der Waals surface area (Å²) in [4.78, 5) is 28.2. The molecule has 0 aliphatic rings. The number of aryl methyl sites for hydroxylation is 2. The van der Waals surface area contributed by atoms with Crippen molar-refractivity contribution in [2.75, 3.05) is 13.2 Å². The van der Waals surface area contributed by atoms with Crippen molar-refractivity contribution in [2.45, 2.75) is 46.2 Å². The maximum Gasteiger partial charge on any atom is 0.261 e. The van der Waals surface area contributed by atoms with Gasteiger partial charge in [0.25, 0.3) is 5.91 Å². The number of carbonyl (C=O) groups is 2. The Hall–Kier alpha value is -3.67. The van der Waals surface area contributed by atoms with Crippen molar-refractivity contribution >= 4 is 11.8 Å². The quantitative estimate of drug-likeness (QED) is 0.424. The average Bonchev–Trinajstić information content (AvgIpc) is 2.85. The molecule has 0 radical (unpaired) electrons. The van der Waals surface area contributed by atoms with Gasteiger partial charge in [-0.1, -0.05) is 73.2 Å². The van der Waals surface area contributed by atoms with Crippen LogP contribution in [0.25, 0.3) is 0 Å². The molecule has 0 spiro atoms. The highest BCUT2D eigenvalue weighted by molar-refractivity contribution is 5.88. The van der Waals surface area contributed by atoms with Gasteiger partial charge in [0.15, 0.2) is 6.61 Å². The maximum absolute atomic E-state index is 14.6. The summed E-state index contributed by atoms with van der Waals surface area (Å²) in [6.07, 6.45) is 1.07. The van der Waals surface area contributed by atoms with Crippen LogP contribution in [0.15, 0.2) is 72.8 Å². The number of amides is 2. The molecule has 3 rings (SSSR count). The molecule has 6 heteroatoms. The van der Waals surface area contributed by atoms with E-state index in [2.05, 4.69) is 5.32 Å². The van der Waals surface area contributed by atoms with Crippen LogP contribution < -0.4 is 10.1 Å². The summed E-state index contributed by atoms with van der Waals surface area (Å²) in [6.45, 7) is 6.06. The third kappa shape index (κ3) is 7.41. The van der Waals surface area contributed by atoms with Gasteiger partial charge in [0.05, 0.1) is 0 Å². The van der Waals surface area contributed by atoms with E-state index >= 15 is 0 Å². The molecular weight excluding hydrogens is 443 g/mol. The molecule has 2 amide bonds. The molecule has 35 heavy (non-hydrogen) atoms. The first-order chi connectivity index (χ1) is 16.9. The Morgan fingerprint density at radius 2 is 1.71 bits per heavy atom. The summed E-state index contributed by atoms with van der Waals surface area (Å²) in [5.74, 6) is -0.481. The molecule has 0 saturated heterocycles. The molecule has 3 aromatic carbocycles. The SMILES string of the molecule is CCCNC(=O)[C@@H](Cc1ccccc1)N(Cc1ccccc1F)C(=O)COc1ccc(C)cc1C. The van der Waals surface area contributed by atoms with Crippen molar-refractivity contribution in [3.8, 4) is 5.75 Å². The minimum absolute atomic E-state index is 0.0429. The molecule has 0 unspecified atom stereocenters. The van der Waals surface area contributed by atoms with Gasteiger partial charge in [-0.25, -0.2) is 4.39 Å². The number of hydrogen-bond acceptors (Lipinski definition) is 3. The van der Waals surface area contributed by atoms with Crippen molar-refractivity contribution in [3.63, 3.8) is 0 Å². The number of nitrogens with zero attached hydrogens (tertiary/aromatic N) is 1. The van der Waals surface area contributed by atoms with Crippen molar-refractivity contribution in [1.82, 2.24) is 10.2 Å². The van der Waals surface area contributed by atoms with Crippen molar-refractivity contribution in [1.29, 1.82) is 0 Å². The molecule has 0 bridgehead atoms. The van der Waals surface area contributed by atoms with Crippen LogP contribution in [0, 0.1) is 19.7 Å². The molecule has 1 atom stereocenters. The van der Waals surface area contributed by atoms with E-state index in [1.807, 2.05) is 69.3 Å². The predicted molar refractivity (Wildman–Crippen MR) is 136 cm³/mol. The van der Waals surface area contributed by atoms with E-state index < -0.39 is 11.9 Å². The fourth-order valence-corrected chi connectivity index (χ4v) is 3.91. The largest absolute Gasteiger partial charge is 0.483 e. The zero-order chi connectivity index (χ0) is 25.2. The van der Waals surface area contributed by atoms with E-state index in [9.17, 15) is 14.0 Å². The van der Waals surface area contributed by atoms with Crippen LogP contribution in [-0.4, -0.2) is 35.9 Å². The first-order valence-corrected chi connectivity index (χ1v) is 11.9. The second kappa shape index (κ2) is 12.7. The zero-order valence-electron chi connectivity index (χ0n) is 20.6. The van der Waals surface area contributed by atoms with Crippen molar-refractivity contribution in [2.24, 2.45) is 0 Å². The highest BCUT2D eigenvalue weighted by atomic mass is 19.1. The average molecular weight is 477 g/mol. The fourth-order valence-electron chi connectivity index (χ4n) is 3.91. The third-order valence-electron chi connectivity index (χ3n) is 5.80. The van der Waals surface area contributed by atoms with E-state index in [0.717, 1.165) is 23.1 Å². The zero-order valence-corrected chi connectivity index (χ0v) is 20.6. The number of rotatable bonds is 11. The lowest BCUT2D eigenvalue weighted by Crippen LogP contribution is -2.52. The minimum atomic E-state index is -0.821. The fraction of sp³-hybridized carbons (Fsp3) is 0.310. The summed E-state index contributed by atoms with van der Waals surface area (Å²) >= 11 is 0. The Labute approximate surface area is 206 Å². The maximum atomic E-state index is 14.6. The van der Waals surface area contributed by atoms with Crippen LogP contribution in [0.2, 0.25) is 0 Å². The molecule has 1 N–H and O–H groups in total. The van der Waals surface area contributed by atoms with E-state index in [0.29, 0.717) is 24.3 Å². The summed E-state index contributed by atoms with van der Waals surface area (Å²) in [7, 11) is 0. The topological polar surface area (TPSA) is 58.6 Å². The van der Waals surface area contributed by atoms with E-state index in [4.69, 9.17) is 4.74 Å². The van der Waals surface area contributed by atoms with Gasteiger partial charge >= 0.3 is 0 Å². The standard InChI is InChI=1S/C29H33FN2O3/c1-4-16-31-29(34)26(18-23-10-6-5-7-11-23)32(19-24-12-8-9-13-25(24)30)28(33)20-35-27-15-14-21(2)17-22(27)3/h5-15,17,26H,4,16,18-20H2,1-3H3,(H,31,34)/t26-/m1/s1. The molecule has 3 aromatic rings. The Morgan fingerprint density at radius 1 is 1.00 bits per heavy atom. The Balaban J connectivity index is 1.91. The molecule has 5 nitrogen and oxygen atoms in total. The van der Waals surface area contributed by atoms with Gasteiger partial charge < -0.3 is 15.0 Å². The van der Waals surface area contributed by atoms with Crippen LogP contribution in [-0.2, 0) is 22.6 Å². The van der Waals surface area contributed by atoms with Crippen molar-refractivity contribution < 1.29 is 18.7 Å². The molecular formula is C29H33FN2O3. The second-order valence-corrected chi connectivity index (χ2v) is 8.67. The summed E-state index contributed by atoms with van der Waals surface area (Å²) in [5, 5.41) is 2.91.